The van der Waals surface area contributed by atoms with Crippen molar-refractivity contribution in [1.82, 2.24) is 5.32 Å². The Kier molecular flexibility index (Phi) is 5.16. The summed E-state index contributed by atoms with van der Waals surface area (Å²) in [5, 5.41) is 3.44. The zero-order valence-electron chi connectivity index (χ0n) is 14.9. The topological polar surface area (TPSA) is 55.4 Å². The molecule has 0 radical (unpaired) electrons. The number of sulfone groups is 1. The lowest BCUT2D eigenvalue weighted by Crippen LogP contribution is -2.42. The molecule has 0 unspecified atom stereocenters. The number of hydrogen-bond acceptors (Lipinski definition) is 4. The fraction of sp³-hybridized carbons (Fsp3) is 0.400. The molecule has 3 rings (SSSR count). The Morgan fingerprint density at radius 3 is 2.52 bits per heavy atom. The van der Waals surface area contributed by atoms with Crippen molar-refractivity contribution in [2.24, 2.45) is 0 Å². The Morgan fingerprint density at radius 2 is 1.80 bits per heavy atom. The van der Waals surface area contributed by atoms with Gasteiger partial charge in [-0.05, 0) is 39.0 Å². The lowest BCUT2D eigenvalue weighted by atomic mass is 9.94. The van der Waals surface area contributed by atoms with E-state index in [1.807, 2.05) is 44.2 Å². The van der Waals surface area contributed by atoms with Crippen molar-refractivity contribution in [3.8, 4) is 5.75 Å². The average Bonchev–Trinajstić information content (AvgIpc) is 2.98. The highest BCUT2D eigenvalue weighted by atomic mass is 32.2. The minimum Gasteiger partial charge on any atom is -0.493 e. The third-order valence-electron chi connectivity index (χ3n) is 4.74. The molecule has 0 saturated heterocycles. The Balaban J connectivity index is 1.64. The first-order valence-electron chi connectivity index (χ1n) is 8.64. The Hall–Kier alpha value is -1.85. The van der Waals surface area contributed by atoms with Gasteiger partial charge in [0, 0.05) is 23.6 Å². The van der Waals surface area contributed by atoms with Gasteiger partial charge in [-0.2, -0.15) is 0 Å². The van der Waals surface area contributed by atoms with Gasteiger partial charge >= 0.3 is 0 Å². The highest BCUT2D eigenvalue weighted by Gasteiger charge is 2.30. The van der Waals surface area contributed by atoms with Crippen LogP contribution in [0, 0.1) is 6.92 Å². The zero-order valence-corrected chi connectivity index (χ0v) is 15.7. The van der Waals surface area contributed by atoms with E-state index in [0.29, 0.717) is 11.5 Å². The molecule has 1 N–H and O–H groups in total. The second-order valence-corrected chi connectivity index (χ2v) is 8.94. The van der Waals surface area contributed by atoms with Gasteiger partial charge in [-0.1, -0.05) is 35.9 Å². The highest BCUT2D eigenvalue weighted by Crippen LogP contribution is 2.35. The molecule has 0 aromatic heterocycles. The van der Waals surface area contributed by atoms with Crippen molar-refractivity contribution in [3.63, 3.8) is 0 Å². The number of hydrogen-bond donors (Lipinski definition) is 1. The maximum absolute atomic E-state index is 12.6. The fourth-order valence-corrected chi connectivity index (χ4v) is 4.88. The van der Waals surface area contributed by atoms with E-state index in [4.69, 9.17) is 4.74 Å². The number of ether oxygens (including phenoxy) is 1. The Bertz CT molecular complexity index is 830. The van der Waals surface area contributed by atoms with Gasteiger partial charge in [-0.3, -0.25) is 0 Å². The van der Waals surface area contributed by atoms with E-state index in [9.17, 15) is 8.42 Å². The molecule has 0 bridgehead atoms. The SMILES string of the molecule is Cc1ccc(S(=O)(=O)C[C@H](C)N[C@H](C)[C@H]2COc3ccccc32)cc1. The molecule has 1 aliphatic heterocycles. The third-order valence-corrected chi connectivity index (χ3v) is 6.67. The summed E-state index contributed by atoms with van der Waals surface area (Å²) in [5.74, 6) is 1.25. The predicted molar refractivity (Wildman–Crippen MR) is 100.0 cm³/mol. The minimum absolute atomic E-state index is 0.0790. The summed E-state index contributed by atoms with van der Waals surface area (Å²) in [7, 11) is -3.30. The van der Waals surface area contributed by atoms with Crippen LogP contribution in [-0.4, -0.2) is 32.9 Å². The first-order valence-corrected chi connectivity index (χ1v) is 10.3. The van der Waals surface area contributed by atoms with Crippen molar-refractivity contribution in [2.45, 2.75) is 43.7 Å². The van der Waals surface area contributed by atoms with E-state index in [2.05, 4.69) is 18.3 Å². The number of nitrogens with one attached hydrogen (secondary N) is 1. The summed E-state index contributed by atoms with van der Waals surface area (Å²) >= 11 is 0. The quantitative estimate of drug-likeness (QED) is 0.860. The maximum atomic E-state index is 12.6. The molecule has 2 aromatic carbocycles. The standard InChI is InChI=1S/C20H25NO3S/c1-14-8-10-17(11-9-14)25(22,23)13-15(2)21-16(3)19-12-24-20-7-5-4-6-18(19)20/h4-11,15-16,19,21H,12-13H2,1-3H3/t15-,16+,19+/m0/s1. The molecule has 0 saturated carbocycles. The number of rotatable bonds is 6. The second-order valence-electron chi connectivity index (χ2n) is 6.91. The molecular weight excluding hydrogens is 334 g/mol. The highest BCUT2D eigenvalue weighted by molar-refractivity contribution is 7.91. The van der Waals surface area contributed by atoms with Gasteiger partial charge in [0.25, 0.3) is 0 Å². The molecule has 4 nitrogen and oxygen atoms in total. The molecule has 5 heteroatoms. The molecule has 0 amide bonds. The van der Waals surface area contributed by atoms with Crippen LogP contribution in [0.3, 0.4) is 0 Å². The molecule has 3 atom stereocenters. The van der Waals surface area contributed by atoms with Crippen molar-refractivity contribution < 1.29 is 13.2 Å². The largest absolute Gasteiger partial charge is 0.493 e. The predicted octanol–water partition coefficient (Wildman–Crippen LogP) is 3.31. The van der Waals surface area contributed by atoms with Gasteiger partial charge in [-0.15, -0.1) is 0 Å². The normalized spacial score (nSPS) is 19.1. The molecular formula is C20H25NO3S. The van der Waals surface area contributed by atoms with Crippen molar-refractivity contribution >= 4 is 9.84 Å². The zero-order chi connectivity index (χ0) is 18.0. The molecule has 134 valence electrons. The lowest BCUT2D eigenvalue weighted by molar-refractivity contribution is 0.298. The number of aryl methyl sites for hydroxylation is 1. The first-order chi connectivity index (χ1) is 11.9. The monoisotopic (exact) mass is 359 g/mol. The van der Waals surface area contributed by atoms with E-state index in [1.54, 1.807) is 12.1 Å². The van der Waals surface area contributed by atoms with E-state index < -0.39 is 9.84 Å². The van der Waals surface area contributed by atoms with E-state index in [1.165, 1.54) is 5.56 Å². The van der Waals surface area contributed by atoms with Crippen LogP contribution in [0.5, 0.6) is 5.75 Å². The van der Waals surface area contributed by atoms with E-state index in [-0.39, 0.29) is 23.8 Å². The van der Waals surface area contributed by atoms with Gasteiger partial charge in [-0.25, -0.2) is 8.42 Å². The number of fused-ring (bicyclic) bond motifs is 1. The van der Waals surface area contributed by atoms with Crippen LogP contribution in [0.15, 0.2) is 53.4 Å². The molecule has 2 aromatic rings. The Morgan fingerprint density at radius 1 is 1.12 bits per heavy atom. The third kappa shape index (κ3) is 4.05. The molecule has 0 spiro atoms. The summed E-state index contributed by atoms with van der Waals surface area (Å²) < 4.78 is 30.9. The van der Waals surface area contributed by atoms with Crippen LogP contribution >= 0.6 is 0 Å². The minimum atomic E-state index is -3.30. The van der Waals surface area contributed by atoms with Crippen LogP contribution < -0.4 is 10.1 Å². The summed E-state index contributed by atoms with van der Waals surface area (Å²) in [6.07, 6.45) is 0. The van der Waals surface area contributed by atoms with Crippen LogP contribution in [0.4, 0.5) is 0 Å². The molecule has 1 heterocycles. The van der Waals surface area contributed by atoms with Gasteiger partial charge in [0.1, 0.15) is 5.75 Å². The molecule has 0 fully saturated rings. The molecule has 25 heavy (non-hydrogen) atoms. The van der Waals surface area contributed by atoms with Crippen molar-refractivity contribution in [1.29, 1.82) is 0 Å². The van der Waals surface area contributed by atoms with Crippen LogP contribution in [0.1, 0.15) is 30.9 Å². The fourth-order valence-electron chi connectivity index (χ4n) is 3.39. The van der Waals surface area contributed by atoms with E-state index in [0.717, 1.165) is 11.3 Å². The Labute approximate surface area is 150 Å². The summed E-state index contributed by atoms with van der Waals surface area (Å²) in [6, 6.07) is 15.1. The summed E-state index contributed by atoms with van der Waals surface area (Å²) in [6.45, 7) is 6.59. The lowest BCUT2D eigenvalue weighted by Gasteiger charge is -2.24. The first kappa shape index (κ1) is 18.0. The van der Waals surface area contributed by atoms with Crippen molar-refractivity contribution in [3.05, 3.63) is 59.7 Å². The van der Waals surface area contributed by atoms with Gasteiger partial charge in [0.05, 0.1) is 17.3 Å². The number of para-hydroxylation sites is 1. The van der Waals surface area contributed by atoms with Gasteiger partial charge in [0.2, 0.25) is 0 Å². The van der Waals surface area contributed by atoms with E-state index >= 15 is 0 Å². The van der Waals surface area contributed by atoms with Crippen molar-refractivity contribution in [2.75, 3.05) is 12.4 Å². The van der Waals surface area contributed by atoms with Crippen LogP contribution in [0.25, 0.3) is 0 Å². The summed E-state index contributed by atoms with van der Waals surface area (Å²) in [4.78, 5) is 0.383. The second kappa shape index (κ2) is 7.18. The summed E-state index contributed by atoms with van der Waals surface area (Å²) in [5.41, 5.74) is 2.25. The van der Waals surface area contributed by atoms with Gasteiger partial charge < -0.3 is 10.1 Å². The average molecular weight is 359 g/mol. The molecule has 1 aliphatic rings. The van der Waals surface area contributed by atoms with Crippen LogP contribution in [0.2, 0.25) is 0 Å². The maximum Gasteiger partial charge on any atom is 0.179 e. The number of benzene rings is 2. The molecule has 0 aliphatic carbocycles. The van der Waals surface area contributed by atoms with Gasteiger partial charge in [0.15, 0.2) is 9.84 Å². The van der Waals surface area contributed by atoms with Crippen LogP contribution in [-0.2, 0) is 9.84 Å². The smallest absolute Gasteiger partial charge is 0.179 e.